The third-order valence-electron chi connectivity index (χ3n) is 12.9. The van der Waals surface area contributed by atoms with Crippen LogP contribution in [-0.4, -0.2) is 17.8 Å². The maximum absolute atomic E-state index is 16.4. The minimum Gasteiger partial charge on any atom is -0.194 e. The van der Waals surface area contributed by atoms with Crippen molar-refractivity contribution in [3.63, 3.8) is 0 Å². The van der Waals surface area contributed by atoms with Gasteiger partial charge in [0.2, 0.25) is 0 Å². The Labute approximate surface area is 391 Å². The fraction of sp³-hybridized carbons (Fsp3) is 0.0847. The molecule has 0 aliphatic heterocycles. The molecule has 8 heteroatoms. The maximum Gasteiger partial charge on any atom is 0.380 e. The third kappa shape index (κ3) is 7.04. The van der Waals surface area contributed by atoms with Crippen LogP contribution in [0.5, 0.6) is 0 Å². The SMILES string of the molecule is Cc1sc2cc(-c3ccc(-c4cccc(-c5ccccc5)c4)cc3)ccc2c1C1=C(c2c(C)sc3cc(-c4ccc(-c5cccc(-c6ccccc6)c5)cc4)ccc23)C(F)(F)C(F)(F)C1(F)F. The van der Waals surface area contributed by atoms with Crippen LogP contribution in [0.25, 0.3) is 98.1 Å². The van der Waals surface area contributed by atoms with E-state index in [9.17, 15) is 0 Å². The molecule has 0 saturated heterocycles. The zero-order valence-electron chi connectivity index (χ0n) is 36.1. The second-order valence-electron chi connectivity index (χ2n) is 17.0. The van der Waals surface area contributed by atoms with Gasteiger partial charge >= 0.3 is 17.8 Å². The molecule has 2 heterocycles. The van der Waals surface area contributed by atoms with Crippen LogP contribution in [0.2, 0.25) is 0 Å². The van der Waals surface area contributed by atoms with E-state index >= 15 is 26.3 Å². The average Bonchev–Trinajstić information content (AvgIpc) is 3.89. The van der Waals surface area contributed by atoms with Gasteiger partial charge in [0.15, 0.2) is 0 Å². The first kappa shape index (κ1) is 42.6. The molecule has 10 aromatic rings. The molecule has 328 valence electrons. The van der Waals surface area contributed by atoms with Crippen molar-refractivity contribution in [1.82, 2.24) is 0 Å². The fourth-order valence-corrected chi connectivity index (χ4v) is 11.8. The Kier molecular flexibility index (Phi) is 10.2. The molecule has 0 N–H and O–H groups in total. The van der Waals surface area contributed by atoms with E-state index in [1.54, 1.807) is 24.3 Å². The largest absolute Gasteiger partial charge is 0.380 e. The zero-order chi connectivity index (χ0) is 46.2. The molecule has 1 aliphatic carbocycles. The number of benzene rings is 8. The van der Waals surface area contributed by atoms with Crippen LogP contribution < -0.4 is 0 Å². The maximum atomic E-state index is 16.4. The van der Waals surface area contributed by atoms with Gasteiger partial charge < -0.3 is 0 Å². The van der Waals surface area contributed by atoms with Crippen molar-refractivity contribution in [2.45, 2.75) is 31.6 Å². The van der Waals surface area contributed by atoms with Crippen LogP contribution in [-0.2, 0) is 0 Å². The van der Waals surface area contributed by atoms with Crippen LogP contribution in [0, 0.1) is 13.8 Å². The summed E-state index contributed by atoms with van der Waals surface area (Å²) in [5.74, 6) is -16.0. The number of hydrogen-bond acceptors (Lipinski definition) is 2. The van der Waals surface area contributed by atoms with Crippen molar-refractivity contribution < 1.29 is 26.3 Å². The number of hydrogen-bond donors (Lipinski definition) is 0. The van der Waals surface area contributed by atoms with E-state index in [1.165, 1.54) is 13.8 Å². The minimum atomic E-state index is -5.68. The normalized spacial score (nSPS) is 15.2. The highest BCUT2D eigenvalue weighted by Crippen LogP contribution is 2.67. The minimum absolute atomic E-state index is 0.219. The van der Waals surface area contributed by atoms with E-state index in [-0.39, 0.29) is 31.7 Å². The van der Waals surface area contributed by atoms with Crippen LogP contribution >= 0.6 is 22.7 Å². The van der Waals surface area contributed by atoms with Crippen molar-refractivity contribution in [2.24, 2.45) is 0 Å². The van der Waals surface area contributed by atoms with Gasteiger partial charge in [-0.2, -0.15) is 26.3 Å². The number of aryl methyl sites for hydroxylation is 2. The Hall–Kier alpha value is -7.00. The lowest BCUT2D eigenvalue weighted by atomic mass is 9.90. The van der Waals surface area contributed by atoms with Crippen LogP contribution in [0.15, 0.2) is 194 Å². The summed E-state index contributed by atoms with van der Waals surface area (Å²) < 4.78 is 98.4. The summed E-state index contributed by atoms with van der Waals surface area (Å²) in [5, 5.41) is 0.437. The summed E-state index contributed by atoms with van der Waals surface area (Å²) in [5.41, 5.74) is 8.55. The Morgan fingerprint density at radius 3 is 0.896 bits per heavy atom. The van der Waals surface area contributed by atoms with E-state index in [0.29, 0.717) is 9.40 Å². The van der Waals surface area contributed by atoms with Crippen molar-refractivity contribution in [2.75, 3.05) is 0 Å². The van der Waals surface area contributed by atoms with Gasteiger partial charge in [0.25, 0.3) is 0 Å². The standard InChI is InChI=1S/C59H38F6S2/c1-35-53(49-29-27-47(33-51(49)66-35)41-23-19-39(20-24-41)45-17-9-15-43(31-45)37-11-5-3-6-12-37)55-56(58(62,63)59(64,65)57(55,60)61)54-36(2)67-52-34-48(28-30-50(52)54)42-25-21-40(22-26-42)46-18-10-16-44(32-46)38-13-7-4-8-14-38/h3-34H,1-2H3. The highest BCUT2D eigenvalue weighted by Gasteiger charge is 2.80. The molecule has 0 nitrogen and oxygen atoms in total. The summed E-state index contributed by atoms with van der Waals surface area (Å²) in [6, 6.07) is 62.9. The first-order chi connectivity index (χ1) is 32.3. The van der Waals surface area contributed by atoms with Crippen LogP contribution in [0.4, 0.5) is 26.3 Å². The number of fused-ring (bicyclic) bond motifs is 2. The molecular formula is C59H38F6S2. The summed E-state index contributed by atoms with van der Waals surface area (Å²) in [4.78, 5) is 0.493. The Morgan fingerprint density at radius 2 is 0.567 bits per heavy atom. The lowest BCUT2D eigenvalue weighted by Gasteiger charge is -2.26. The van der Waals surface area contributed by atoms with Crippen LogP contribution in [0.1, 0.15) is 20.9 Å². The number of halogens is 6. The molecule has 0 unspecified atom stereocenters. The van der Waals surface area contributed by atoms with E-state index in [2.05, 4.69) is 48.5 Å². The summed E-state index contributed by atoms with van der Waals surface area (Å²) in [6.45, 7) is 3.06. The predicted octanol–water partition coefficient (Wildman–Crippen LogP) is 18.6. The van der Waals surface area contributed by atoms with Crippen molar-refractivity contribution in [1.29, 1.82) is 0 Å². The lowest BCUT2D eigenvalue weighted by Crippen LogP contribution is -2.48. The van der Waals surface area contributed by atoms with Crippen molar-refractivity contribution in [3.05, 3.63) is 215 Å². The van der Waals surface area contributed by atoms with Gasteiger partial charge in [0.1, 0.15) is 0 Å². The Morgan fingerprint density at radius 1 is 0.299 bits per heavy atom. The molecule has 0 radical (unpaired) electrons. The zero-order valence-corrected chi connectivity index (χ0v) is 37.7. The molecule has 0 bridgehead atoms. The van der Waals surface area contributed by atoms with Gasteiger partial charge in [-0.25, -0.2) is 0 Å². The van der Waals surface area contributed by atoms with Crippen molar-refractivity contribution in [3.8, 4) is 66.8 Å². The lowest BCUT2D eigenvalue weighted by molar-refractivity contribution is -0.254. The smallest absolute Gasteiger partial charge is 0.194 e. The van der Waals surface area contributed by atoms with E-state index in [0.717, 1.165) is 89.4 Å². The number of allylic oxidation sites excluding steroid dienone is 2. The number of thiophene rings is 2. The summed E-state index contributed by atoms with van der Waals surface area (Å²) >= 11 is 2.25. The first-order valence-corrected chi connectivity index (χ1v) is 23.4. The van der Waals surface area contributed by atoms with Gasteiger partial charge in [0.05, 0.1) is 0 Å². The Balaban J connectivity index is 0.949. The van der Waals surface area contributed by atoms with E-state index < -0.39 is 28.9 Å². The first-order valence-electron chi connectivity index (χ1n) is 21.8. The van der Waals surface area contributed by atoms with Gasteiger partial charge in [-0.3, -0.25) is 0 Å². The molecule has 0 saturated carbocycles. The van der Waals surface area contributed by atoms with Gasteiger partial charge in [-0.1, -0.05) is 170 Å². The van der Waals surface area contributed by atoms with Crippen LogP contribution in [0.3, 0.4) is 0 Å². The summed E-state index contributed by atoms with van der Waals surface area (Å²) in [7, 11) is 0. The van der Waals surface area contributed by atoms with Gasteiger partial charge in [0, 0.05) is 52.2 Å². The molecule has 0 amide bonds. The molecule has 0 fully saturated rings. The number of alkyl halides is 6. The molecule has 2 aromatic heterocycles. The topological polar surface area (TPSA) is 0 Å². The van der Waals surface area contributed by atoms with Gasteiger partial charge in [-0.05, 0) is 105 Å². The fourth-order valence-electron chi connectivity index (χ4n) is 9.54. The van der Waals surface area contributed by atoms with Crippen molar-refractivity contribution >= 4 is 54.0 Å². The number of rotatable bonds is 8. The monoisotopic (exact) mass is 924 g/mol. The molecule has 0 atom stereocenters. The van der Waals surface area contributed by atoms with E-state index in [4.69, 9.17) is 0 Å². The summed E-state index contributed by atoms with van der Waals surface area (Å²) in [6.07, 6.45) is 0. The highest BCUT2D eigenvalue weighted by atomic mass is 32.1. The molecular weight excluding hydrogens is 887 g/mol. The quantitative estimate of drug-likeness (QED) is 0.133. The molecule has 1 aliphatic rings. The molecule has 11 rings (SSSR count). The molecule has 0 spiro atoms. The predicted molar refractivity (Wildman–Crippen MR) is 267 cm³/mol. The third-order valence-corrected chi connectivity index (χ3v) is 15.1. The molecule has 67 heavy (non-hydrogen) atoms. The highest BCUT2D eigenvalue weighted by molar-refractivity contribution is 7.19. The van der Waals surface area contributed by atoms with Gasteiger partial charge in [-0.15, -0.1) is 22.7 Å². The Bertz CT molecular complexity index is 3310. The second-order valence-corrected chi connectivity index (χ2v) is 19.5. The second kappa shape index (κ2) is 16.1. The average molecular weight is 925 g/mol. The van der Waals surface area contributed by atoms with E-state index in [1.807, 2.05) is 121 Å². The molecule has 8 aromatic carbocycles.